The monoisotopic (exact) mass is 369 g/mol. The van der Waals surface area contributed by atoms with Crippen LogP contribution in [0, 0.1) is 6.92 Å². The maximum absolute atomic E-state index is 12.5. The van der Waals surface area contributed by atoms with E-state index in [2.05, 4.69) is 15.3 Å². The summed E-state index contributed by atoms with van der Waals surface area (Å²) < 4.78 is 5.30. The van der Waals surface area contributed by atoms with E-state index in [-0.39, 0.29) is 5.56 Å². The van der Waals surface area contributed by atoms with E-state index < -0.39 is 18.0 Å². The Kier molecular flexibility index (Phi) is 5.14. The standard InChI is InChI=1S/C19H16ClN3O3/c1-11-14(20)6-4-7-15(11)23-18(24)12(2)26-19(25)13-5-3-8-16-17(13)22-10-9-21-16/h3-10,12H,1-2H3,(H,23,24). The zero-order valence-corrected chi connectivity index (χ0v) is 14.9. The van der Waals surface area contributed by atoms with E-state index >= 15 is 0 Å². The van der Waals surface area contributed by atoms with Crippen molar-refractivity contribution in [1.29, 1.82) is 0 Å². The Morgan fingerprint density at radius 2 is 1.85 bits per heavy atom. The zero-order valence-electron chi connectivity index (χ0n) is 14.2. The van der Waals surface area contributed by atoms with Crippen molar-refractivity contribution in [2.75, 3.05) is 5.32 Å². The molecule has 26 heavy (non-hydrogen) atoms. The second-order valence-electron chi connectivity index (χ2n) is 5.68. The Bertz CT molecular complexity index is 985. The lowest BCUT2D eigenvalue weighted by Crippen LogP contribution is -2.30. The lowest BCUT2D eigenvalue weighted by molar-refractivity contribution is -0.123. The number of nitrogens with zero attached hydrogens (tertiary/aromatic N) is 2. The number of rotatable bonds is 4. The molecule has 0 aliphatic rings. The van der Waals surface area contributed by atoms with Crippen LogP contribution in [0.15, 0.2) is 48.8 Å². The molecular weight excluding hydrogens is 354 g/mol. The van der Waals surface area contributed by atoms with Gasteiger partial charge in [-0.15, -0.1) is 0 Å². The van der Waals surface area contributed by atoms with Gasteiger partial charge in [0.1, 0.15) is 5.52 Å². The Hall–Kier alpha value is -2.99. The summed E-state index contributed by atoms with van der Waals surface area (Å²) in [6.07, 6.45) is 2.05. The number of hydrogen-bond acceptors (Lipinski definition) is 5. The molecule has 0 aliphatic carbocycles. The number of aromatic nitrogens is 2. The number of anilines is 1. The van der Waals surface area contributed by atoms with Gasteiger partial charge in [-0.3, -0.25) is 14.8 Å². The highest BCUT2D eigenvalue weighted by Gasteiger charge is 2.21. The second kappa shape index (κ2) is 7.49. The number of esters is 1. The first-order valence-electron chi connectivity index (χ1n) is 7.94. The van der Waals surface area contributed by atoms with Crippen LogP contribution in [-0.4, -0.2) is 27.9 Å². The quantitative estimate of drug-likeness (QED) is 0.708. The number of carbonyl (C=O) groups excluding carboxylic acids is 2. The predicted molar refractivity (Wildman–Crippen MR) is 99.2 cm³/mol. The molecule has 1 N–H and O–H groups in total. The van der Waals surface area contributed by atoms with Crippen LogP contribution in [0.3, 0.4) is 0 Å². The van der Waals surface area contributed by atoms with E-state index in [9.17, 15) is 9.59 Å². The van der Waals surface area contributed by atoms with Crippen molar-refractivity contribution in [3.8, 4) is 0 Å². The SMILES string of the molecule is Cc1c(Cl)cccc1NC(=O)C(C)OC(=O)c1cccc2nccnc12. The van der Waals surface area contributed by atoms with E-state index in [1.54, 1.807) is 49.5 Å². The summed E-state index contributed by atoms with van der Waals surface area (Å²) in [5.74, 6) is -1.09. The number of amides is 1. The minimum Gasteiger partial charge on any atom is -0.449 e. The van der Waals surface area contributed by atoms with Crippen molar-refractivity contribution in [2.24, 2.45) is 0 Å². The van der Waals surface area contributed by atoms with Gasteiger partial charge >= 0.3 is 5.97 Å². The van der Waals surface area contributed by atoms with Crippen LogP contribution in [0.4, 0.5) is 5.69 Å². The molecule has 3 rings (SSSR count). The third kappa shape index (κ3) is 3.65. The molecule has 1 amide bonds. The number of halogens is 1. The fourth-order valence-corrected chi connectivity index (χ4v) is 2.59. The minimum atomic E-state index is -0.993. The highest BCUT2D eigenvalue weighted by molar-refractivity contribution is 6.31. The van der Waals surface area contributed by atoms with Crippen LogP contribution >= 0.6 is 11.6 Å². The molecule has 0 bridgehead atoms. The number of hydrogen-bond donors (Lipinski definition) is 1. The molecular formula is C19H16ClN3O3. The molecule has 6 nitrogen and oxygen atoms in total. The average Bonchev–Trinajstić information content (AvgIpc) is 2.64. The molecule has 0 saturated heterocycles. The fraction of sp³-hybridized carbons (Fsp3) is 0.158. The van der Waals surface area contributed by atoms with Crippen molar-refractivity contribution in [2.45, 2.75) is 20.0 Å². The lowest BCUT2D eigenvalue weighted by atomic mass is 10.1. The van der Waals surface area contributed by atoms with Crippen LogP contribution in [0.2, 0.25) is 5.02 Å². The maximum atomic E-state index is 12.5. The predicted octanol–water partition coefficient (Wildman–Crippen LogP) is 3.78. The summed E-state index contributed by atoms with van der Waals surface area (Å²) in [5.41, 5.74) is 2.58. The first kappa shape index (κ1) is 17.8. The van der Waals surface area contributed by atoms with Crippen LogP contribution in [0.5, 0.6) is 0 Å². The topological polar surface area (TPSA) is 81.2 Å². The summed E-state index contributed by atoms with van der Waals surface area (Å²) in [6, 6.07) is 10.2. The highest BCUT2D eigenvalue weighted by atomic mass is 35.5. The van der Waals surface area contributed by atoms with Crippen LogP contribution in [0.25, 0.3) is 11.0 Å². The number of fused-ring (bicyclic) bond motifs is 1. The van der Waals surface area contributed by atoms with Gasteiger partial charge in [-0.25, -0.2) is 4.79 Å². The Balaban J connectivity index is 1.74. The molecule has 1 aromatic heterocycles. The van der Waals surface area contributed by atoms with E-state index in [1.807, 2.05) is 0 Å². The first-order chi connectivity index (χ1) is 12.5. The molecule has 0 aliphatic heterocycles. The molecule has 1 atom stereocenters. The third-order valence-corrected chi connectivity index (χ3v) is 4.31. The van der Waals surface area contributed by atoms with E-state index in [4.69, 9.17) is 16.3 Å². The molecule has 0 fully saturated rings. The Morgan fingerprint density at radius 1 is 1.12 bits per heavy atom. The summed E-state index contributed by atoms with van der Waals surface area (Å²) >= 11 is 6.05. The van der Waals surface area contributed by atoms with Crippen molar-refractivity contribution >= 4 is 40.2 Å². The summed E-state index contributed by atoms with van der Waals surface area (Å²) in [4.78, 5) is 33.1. The molecule has 132 valence electrons. The van der Waals surface area contributed by atoms with E-state index in [0.717, 1.165) is 5.56 Å². The van der Waals surface area contributed by atoms with Gasteiger partial charge in [-0.2, -0.15) is 0 Å². The van der Waals surface area contributed by atoms with Gasteiger partial charge < -0.3 is 10.1 Å². The molecule has 0 spiro atoms. The molecule has 1 heterocycles. The van der Waals surface area contributed by atoms with Gasteiger partial charge in [0.25, 0.3) is 5.91 Å². The number of benzene rings is 2. The Labute approximate surface area is 155 Å². The molecule has 2 aromatic carbocycles. The smallest absolute Gasteiger partial charge is 0.341 e. The van der Waals surface area contributed by atoms with E-state index in [0.29, 0.717) is 21.7 Å². The van der Waals surface area contributed by atoms with Crippen LogP contribution in [0.1, 0.15) is 22.8 Å². The van der Waals surface area contributed by atoms with Crippen molar-refractivity contribution in [3.05, 3.63) is 64.9 Å². The third-order valence-electron chi connectivity index (χ3n) is 3.90. The van der Waals surface area contributed by atoms with E-state index in [1.165, 1.54) is 13.1 Å². The number of carbonyl (C=O) groups is 2. The highest BCUT2D eigenvalue weighted by Crippen LogP contribution is 2.23. The molecule has 1 unspecified atom stereocenters. The largest absolute Gasteiger partial charge is 0.449 e. The van der Waals surface area contributed by atoms with Crippen molar-refractivity contribution < 1.29 is 14.3 Å². The summed E-state index contributed by atoms with van der Waals surface area (Å²) in [6.45, 7) is 3.30. The summed E-state index contributed by atoms with van der Waals surface area (Å²) in [7, 11) is 0. The van der Waals surface area contributed by atoms with Crippen LogP contribution in [-0.2, 0) is 9.53 Å². The molecule has 0 saturated carbocycles. The maximum Gasteiger partial charge on any atom is 0.341 e. The van der Waals surface area contributed by atoms with Gasteiger partial charge in [0, 0.05) is 23.1 Å². The van der Waals surface area contributed by atoms with Gasteiger partial charge in [-0.1, -0.05) is 23.7 Å². The van der Waals surface area contributed by atoms with Crippen molar-refractivity contribution in [3.63, 3.8) is 0 Å². The number of para-hydroxylation sites is 1. The molecule has 7 heteroatoms. The Morgan fingerprint density at radius 3 is 2.65 bits per heavy atom. The van der Waals surface area contributed by atoms with Gasteiger partial charge in [-0.05, 0) is 43.7 Å². The fourth-order valence-electron chi connectivity index (χ4n) is 2.41. The molecule has 0 radical (unpaired) electrons. The lowest BCUT2D eigenvalue weighted by Gasteiger charge is -2.15. The average molecular weight is 370 g/mol. The van der Waals surface area contributed by atoms with Gasteiger partial charge in [0.2, 0.25) is 0 Å². The normalized spacial score (nSPS) is 11.8. The number of ether oxygens (including phenoxy) is 1. The van der Waals surface area contributed by atoms with Crippen LogP contribution < -0.4 is 5.32 Å². The molecule has 3 aromatic rings. The number of nitrogens with one attached hydrogen (secondary N) is 1. The van der Waals surface area contributed by atoms with Crippen molar-refractivity contribution in [1.82, 2.24) is 9.97 Å². The zero-order chi connectivity index (χ0) is 18.7. The minimum absolute atomic E-state index is 0.259. The van der Waals surface area contributed by atoms with Gasteiger partial charge in [0.15, 0.2) is 6.10 Å². The first-order valence-corrected chi connectivity index (χ1v) is 8.32. The summed E-state index contributed by atoms with van der Waals surface area (Å²) in [5, 5.41) is 3.26. The second-order valence-corrected chi connectivity index (χ2v) is 6.09. The van der Waals surface area contributed by atoms with Gasteiger partial charge in [0.05, 0.1) is 11.1 Å².